The summed E-state index contributed by atoms with van der Waals surface area (Å²) in [6.45, 7) is 2.20. The van der Waals surface area contributed by atoms with Crippen molar-refractivity contribution >= 4 is 27.6 Å². The van der Waals surface area contributed by atoms with E-state index in [-0.39, 0.29) is 35.8 Å². The van der Waals surface area contributed by atoms with Crippen molar-refractivity contribution in [2.45, 2.75) is 30.3 Å². The van der Waals surface area contributed by atoms with Crippen LogP contribution >= 0.6 is 0 Å². The highest BCUT2D eigenvalue weighted by Gasteiger charge is 2.44. The van der Waals surface area contributed by atoms with Gasteiger partial charge in [0.05, 0.1) is 24.3 Å². The molecule has 2 unspecified atom stereocenters. The molecule has 7 nitrogen and oxygen atoms in total. The summed E-state index contributed by atoms with van der Waals surface area (Å²) >= 11 is 0. The highest BCUT2D eigenvalue weighted by atomic mass is 32.2. The number of nitrogens with zero attached hydrogens (tertiary/aromatic N) is 3. The monoisotopic (exact) mass is 436 g/mol. The molecule has 1 aromatic heterocycles. The van der Waals surface area contributed by atoms with Crippen molar-refractivity contribution in [3.05, 3.63) is 53.2 Å². The van der Waals surface area contributed by atoms with Gasteiger partial charge in [0, 0.05) is 12.6 Å². The Morgan fingerprint density at radius 3 is 2.73 bits per heavy atom. The molecule has 2 aromatic rings. The highest BCUT2D eigenvalue weighted by molar-refractivity contribution is 7.93. The van der Waals surface area contributed by atoms with Gasteiger partial charge in [-0.3, -0.25) is 4.99 Å². The normalized spacial score (nSPS) is 21.6. The predicted molar refractivity (Wildman–Crippen MR) is 111 cm³/mol. The molecule has 1 fully saturated rings. The molecule has 2 heterocycles. The van der Waals surface area contributed by atoms with Gasteiger partial charge in [0.25, 0.3) is 0 Å². The Labute approximate surface area is 173 Å². The van der Waals surface area contributed by atoms with E-state index in [0.717, 1.165) is 12.1 Å². The summed E-state index contributed by atoms with van der Waals surface area (Å²) in [7, 11) is -2.36. The number of rotatable bonds is 6. The lowest BCUT2D eigenvalue weighted by Crippen LogP contribution is -2.33. The van der Waals surface area contributed by atoms with E-state index in [1.807, 2.05) is 0 Å². The standard InChI is InChI=1S/C20H22F2N4O3S/c1-3-29-19-11-25-16(10-26-19)15(22)9-12-4-5-14(21)13(8-12)17-6-7-18(20(23)24-2)30(17,27)28/h4-5,8-11,17-18H,3,6-7H2,1-2H3,(H2,23,24)/b15-9-. The Hall–Kier alpha value is -2.88. The van der Waals surface area contributed by atoms with Crippen LogP contribution in [0, 0.1) is 5.82 Å². The van der Waals surface area contributed by atoms with Crippen LogP contribution in [0.15, 0.2) is 35.6 Å². The van der Waals surface area contributed by atoms with Gasteiger partial charge in [-0.15, -0.1) is 0 Å². The van der Waals surface area contributed by atoms with Gasteiger partial charge in [-0.2, -0.15) is 0 Å². The maximum Gasteiger partial charge on any atom is 0.232 e. The number of sulfone groups is 1. The van der Waals surface area contributed by atoms with Gasteiger partial charge in [0.15, 0.2) is 15.7 Å². The zero-order chi connectivity index (χ0) is 21.9. The van der Waals surface area contributed by atoms with E-state index in [1.54, 1.807) is 6.92 Å². The summed E-state index contributed by atoms with van der Waals surface area (Å²) < 4.78 is 59.9. The molecule has 10 heteroatoms. The van der Waals surface area contributed by atoms with Crippen molar-refractivity contribution in [1.82, 2.24) is 9.97 Å². The number of amidine groups is 1. The van der Waals surface area contributed by atoms with E-state index < -0.39 is 32.0 Å². The van der Waals surface area contributed by atoms with Gasteiger partial charge in [-0.1, -0.05) is 6.07 Å². The van der Waals surface area contributed by atoms with E-state index in [0.29, 0.717) is 12.2 Å². The van der Waals surface area contributed by atoms with Crippen LogP contribution in [0.4, 0.5) is 8.78 Å². The lowest BCUT2D eigenvalue weighted by Gasteiger charge is -2.15. The van der Waals surface area contributed by atoms with Gasteiger partial charge in [0.2, 0.25) is 5.88 Å². The predicted octanol–water partition coefficient (Wildman–Crippen LogP) is 3.09. The van der Waals surface area contributed by atoms with Crippen LogP contribution in [0.2, 0.25) is 0 Å². The maximum absolute atomic E-state index is 14.6. The van der Waals surface area contributed by atoms with Gasteiger partial charge in [-0.25, -0.2) is 27.2 Å². The average molecular weight is 436 g/mol. The Bertz CT molecular complexity index is 1090. The smallest absolute Gasteiger partial charge is 0.232 e. The highest BCUT2D eigenvalue weighted by Crippen LogP contribution is 2.40. The van der Waals surface area contributed by atoms with E-state index in [4.69, 9.17) is 10.5 Å². The number of ether oxygens (including phenoxy) is 1. The van der Waals surface area contributed by atoms with Crippen LogP contribution in [0.1, 0.15) is 41.8 Å². The molecule has 3 rings (SSSR count). The van der Waals surface area contributed by atoms with E-state index in [1.165, 1.54) is 31.6 Å². The minimum absolute atomic E-state index is 0.00840. The Morgan fingerprint density at radius 2 is 2.10 bits per heavy atom. The fourth-order valence-electron chi connectivity index (χ4n) is 3.40. The fourth-order valence-corrected chi connectivity index (χ4v) is 5.71. The van der Waals surface area contributed by atoms with Crippen molar-refractivity contribution < 1.29 is 21.9 Å². The van der Waals surface area contributed by atoms with Crippen molar-refractivity contribution in [2.75, 3.05) is 13.7 Å². The van der Waals surface area contributed by atoms with Crippen molar-refractivity contribution in [1.29, 1.82) is 0 Å². The molecule has 0 amide bonds. The van der Waals surface area contributed by atoms with Crippen LogP contribution in [-0.4, -0.2) is 43.1 Å². The molecular formula is C20H22F2N4O3S. The number of halogens is 2. The van der Waals surface area contributed by atoms with Crippen LogP contribution < -0.4 is 10.5 Å². The summed E-state index contributed by atoms with van der Waals surface area (Å²) in [5, 5.41) is -2.01. The first-order valence-electron chi connectivity index (χ1n) is 9.34. The third-order valence-electron chi connectivity index (χ3n) is 4.90. The van der Waals surface area contributed by atoms with Crippen molar-refractivity contribution in [2.24, 2.45) is 10.7 Å². The number of benzene rings is 1. The second kappa shape index (κ2) is 8.86. The van der Waals surface area contributed by atoms with E-state index in [9.17, 15) is 17.2 Å². The summed E-state index contributed by atoms with van der Waals surface area (Å²) in [5.41, 5.74) is 5.98. The molecule has 0 aliphatic carbocycles. The van der Waals surface area contributed by atoms with Crippen molar-refractivity contribution in [3.63, 3.8) is 0 Å². The first-order valence-corrected chi connectivity index (χ1v) is 11.0. The quantitative estimate of drug-likeness (QED) is 0.551. The lowest BCUT2D eigenvalue weighted by atomic mass is 10.0. The second-order valence-electron chi connectivity index (χ2n) is 6.74. The van der Waals surface area contributed by atoms with Gasteiger partial charge < -0.3 is 10.5 Å². The summed E-state index contributed by atoms with van der Waals surface area (Å²) in [6, 6.07) is 3.82. The molecule has 1 saturated heterocycles. The van der Waals surface area contributed by atoms with Gasteiger partial charge >= 0.3 is 0 Å². The number of hydrogen-bond donors (Lipinski definition) is 1. The van der Waals surface area contributed by atoms with Crippen molar-refractivity contribution in [3.8, 4) is 5.88 Å². The molecule has 1 aliphatic heterocycles. The van der Waals surface area contributed by atoms with Crippen LogP contribution in [0.3, 0.4) is 0 Å². The van der Waals surface area contributed by atoms with Gasteiger partial charge in [-0.05, 0) is 43.5 Å². The summed E-state index contributed by atoms with van der Waals surface area (Å²) in [6.07, 6.45) is 4.13. The number of aromatic nitrogens is 2. The topological polar surface area (TPSA) is 108 Å². The Morgan fingerprint density at radius 1 is 1.33 bits per heavy atom. The molecule has 2 N–H and O–H groups in total. The SMILES string of the molecule is CCOc1cnc(/C(F)=C/c2ccc(F)c(C3CCC(C(N)=NC)S3(=O)=O)c2)cn1. The summed E-state index contributed by atoms with van der Waals surface area (Å²) in [4.78, 5) is 11.7. The first kappa shape index (κ1) is 21.8. The minimum Gasteiger partial charge on any atom is -0.477 e. The average Bonchev–Trinajstić information content (AvgIpc) is 3.04. The molecular weight excluding hydrogens is 414 g/mol. The van der Waals surface area contributed by atoms with Crippen LogP contribution in [0.5, 0.6) is 5.88 Å². The molecule has 160 valence electrons. The lowest BCUT2D eigenvalue weighted by molar-refractivity contribution is 0.325. The molecule has 0 bridgehead atoms. The summed E-state index contributed by atoms with van der Waals surface area (Å²) in [5.74, 6) is -1.09. The zero-order valence-corrected chi connectivity index (χ0v) is 17.4. The molecule has 30 heavy (non-hydrogen) atoms. The number of nitrogens with two attached hydrogens (primary N) is 1. The Balaban J connectivity index is 1.91. The largest absolute Gasteiger partial charge is 0.477 e. The third-order valence-corrected chi connectivity index (χ3v) is 7.45. The van der Waals surface area contributed by atoms with Crippen LogP contribution in [0.25, 0.3) is 11.9 Å². The molecule has 1 aliphatic rings. The molecule has 1 aromatic carbocycles. The zero-order valence-electron chi connectivity index (χ0n) is 16.5. The van der Waals surface area contributed by atoms with Crippen LogP contribution in [-0.2, 0) is 9.84 Å². The maximum atomic E-state index is 14.6. The molecule has 0 saturated carbocycles. The van der Waals surface area contributed by atoms with E-state index in [2.05, 4.69) is 15.0 Å². The Kier molecular flexibility index (Phi) is 6.45. The number of aliphatic imine (C=N–C) groups is 1. The first-order chi connectivity index (χ1) is 14.3. The molecule has 0 radical (unpaired) electrons. The molecule has 0 spiro atoms. The minimum atomic E-state index is -3.77. The van der Waals surface area contributed by atoms with E-state index >= 15 is 0 Å². The van der Waals surface area contributed by atoms with Gasteiger partial charge in [0.1, 0.15) is 22.6 Å². The second-order valence-corrected chi connectivity index (χ2v) is 9.05. The fraction of sp³-hybridized carbons (Fsp3) is 0.350. The third kappa shape index (κ3) is 4.33. The number of hydrogen-bond acceptors (Lipinski definition) is 6. The molecule has 2 atom stereocenters.